The van der Waals surface area contributed by atoms with Gasteiger partial charge in [-0.3, -0.25) is 4.79 Å². The molecule has 1 aromatic heterocycles. The number of aromatic nitrogens is 1. The van der Waals surface area contributed by atoms with E-state index in [1.807, 2.05) is 6.07 Å². The molecule has 0 radical (unpaired) electrons. The van der Waals surface area contributed by atoms with E-state index in [9.17, 15) is 14.4 Å². The number of methoxy groups -OCH3 is 2. The average Bonchev–Trinajstić information content (AvgIpc) is 2.67. The summed E-state index contributed by atoms with van der Waals surface area (Å²) >= 11 is 0. The minimum atomic E-state index is -0.740. The largest absolute Gasteiger partial charge is 0.466 e. The second-order valence-corrected chi connectivity index (χ2v) is 5.43. The van der Waals surface area contributed by atoms with Crippen LogP contribution in [0, 0.1) is 0 Å². The quantitative estimate of drug-likeness (QED) is 0.425. The Balaban J connectivity index is 2.18. The van der Waals surface area contributed by atoms with Gasteiger partial charge in [-0.1, -0.05) is 18.2 Å². The summed E-state index contributed by atoms with van der Waals surface area (Å²) in [7, 11) is 2.41. The lowest BCUT2D eigenvalue weighted by atomic mass is 10.1. The molecule has 2 aromatic carbocycles. The number of para-hydroxylation sites is 2. The Labute approximate surface area is 148 Å². The first-order valence-corrected chi connectivity index (χ1v) is 7.74. The number of ether oxygens (including phenoxy) is 2. The van der Waals surface area contributed by atoms with Crippen LogP contribution in [0.15, 0.2) is 59.0 Å². The molecule has 0 fully saturated rings. The number of aromatic amines is 1. The molecule has 132 valence electrons. The summed E-state index contributed by atoms with van der Waals surface area (Å²) < 4.78 is 9.24. The van der Waals surface area contributed by atoms with Gasteiger partial charge in [-0.05, 0) is 24.3 Å². The molecule has 3 rings (SSSR count). The zero-order valence-corrected chi connectivity index (χ0v) is 14.2. The lowest BCUT2D eigenvalue weighted by molar-refractivity contribution is -0.138. The fraction of sp³-hybridized carbons (Fsp3) is 0.105. The number of rotatable bonds is 4. The van der Waals surface area contributed by atoms with Gasteiger partial charge in [0.25, 0.3) is 0 Å². The van der Waals surface area contributed by atoms with Crippen LogP contribution in [-0.4, -0.2) is 31.1 Å². The number of carbonyl (C=O) groups is 2. The van der Waals surface area contributed by atoms with E-state index in [0.717, 1.165) is 6.08 Å². The molecule has 1 heterocycles. The van der Waals surface area contributed by atoms with Gasteiger partial charge in [-0.2, -0.15) is 0 Å². The van der Waals surface area contributed by atoms with E-state index in [0.29, 0.717) is 27.5 Å². The Morgan fingerprint density at radius 1 is 1.00 bits per heavy atom. The van der Waals surface area contributed by atoms with Crippen LogP contribution >= 0.6 is 0 Å². The zero-order chi connectivity index (χ0) is 18.7. The SMILES string of the molecule is COC(=O)/C=C(/Nc1cccc2c(=O)c3ccccc3[nH]c12)C(=O)OC. The van der Waals surface area contributed by atoms with Crippen molar-refractivity contribution in [3.05, 3.63) is 64.5 Å². The van der Waals surface area contributed by atoms with Crippen molar-refractivity contribution < 1.29 is 19.1 Å². The number of anilines is 1. The third-order valence-corrected chi connectivity index (χ3v) is 3.88. The van der Waals surface area contributed by atoms with Gasteiger partial charge in [0.05, 0.1) is 31.5 Å². The number of fused-ring (bicyclic) bond motifs is 2. The van der Waals surface area contributed by atoms with Gasteiger partial charge in [0.2, 0.25) is 0 Å². The van der Waals surface area contributed by atoms with Crippen LogP contribution in [0.2, 0.25) is 0 Å². The molecule has 7 nitrogen and oxygen atoms in total. The summed E-state index contributed by atoms with van der Waals surface area (Å²) in [5, 5.41) is 3.87. The normalized spacial score (nSPS) is 11.4. The van der Waals surface area contributed by atoms with Gasteiger partial charge < -0.3 is 19.8 Å². The van der Waals surface area contributed by atoms with Crippen molar-refractivity contribution in [2.24, 2.45) is 0 Å². The van der Waals surface area contributed by atoms with E-state index >= 15 is 0 Å². The van der Waals surface area contributed by atoms with Crippen LogP contribution in [-0.2, 0) is 19.1 Å². The number of H-pyrrole nitrogens is 1. The van der Waals surface area contributed by atoms with Gasteiger partial charge in [0.1, 0.15) is 5.70 Å². The molecule has 0 atom stereocenters. The Morgan fingerprint density at radius 3 is 2.46 bits per heavy atom. The molecule has 0 bridgehead atoms. The summed E-state index contributed by atoms with van der Waals surface area (Å²) in [5.74, 6) is -1.45. The molecular weight excluding hydrogens is 336 g/mol. The second kappa shape index (κ2) is 7.10. The van der Waals surface area contributed by atoms with E-state index in [4.69, 9.17) is 0 Å². The zero-order valence-electron chi connectivity index (χ0n) is 14.2. The molecule has 0 amide bonds. The fourth-order valence-electron chi connectivity index (χ4n) is 2.63. The number of benzene rings is 2. The summed E-state index contributed by atoms with van der Waals surface area (Å²) in [6, 6.07) is 12.2. The van der Waals surface area contributed by atoms with Crippen molar-refractivity contribution in [1.82, 2.24) is 4.98 Å². The summed E-state index contributed by atoms with van der Waals surface area (Å²) in [5.41, 5.74) is 1.38. The molecule has 0 aliphatic rings. The van der Waals surface area contributed by atoms with E-state index < -0.39 is 11.9 Å². The topological polar surface area (TPSA) is 97.5 Å². The highest BCUT2D eigenvalue weighted by Crippen LogP contribution is 2.23. The van der Waals surface area contributed by atoms with Gasteiger partial charge in [-0.25, -0.2) is 9.59 Å². The first kappa shape index (κ1) is 17.2. The average molecular weight is 352 g/mol. The molecule has 0 saturated heterocycles. The van der Waals surface area contributed by atoms with Gasteiger partial charge >= 0.3 is 11.9 Å². The molecule has 26 heavy (non-hydrogen) atoms. The lowest BCUT2D eigenvalue weighted by Crippen LogP contribution is -2.16. The predicted octanol–water partition coefficient (Wildman–Crippen LogP) is 2.32. The maximum atomic E-state index is 12.7. The molecule has 0 aliphatic carbocycles. The fourth-order valence-corrected chi connectivity index (χ4v) is 2.63. The first-order valence-electron chi connectivity index (χ1n) is 7.74. The summed E-state index contributed by atoms with van der Waals surface area (Å²) in [6.07, 6.45) is 0.990. The van der Waals surface area contributed by atoms with Crippen molar-refractivity contribution in [3.63, 3.8) is 0 Å². The molecule has 0 unspecified atom stereocenters. The summed E-state index contributed by atoms with van der Waals surface area (Å²) in [6.45, 7) is 0. The van der Waals surface area contributed by atoms with Crippen LogP contribution in [0.3, 0.4) is 0 Å². The van der Waals surface area contributed by atoms with Crippen LogP contribution in [0.4, 0.5) is 5.69 Å². The number of pyridine rings is 1. The van der Waals surface area contributed by atoms with Crippen molar-refractivity contribution in [2.75, 3.05) is 19.5 Å². The maximum absolute atomic E-state index is 12.7. The lowest BCUT2D eigenvalue weighted by Gasteiger charge is -2.12. The number of esters is 2. The molecule has 7 heteroatoms. The summed E-state index contributed by atoms with van der Waals surface area (Å²) in [4.78, 5) is 39.4. The number of carbonyl (C=O) groups excluding carboxylic acids is 2. The monoisotopic (exact) mass is 352 g/mol. The van der Waals surface area contributed by atoms with Crippen molar-refractivity contribution in [3.8, 4) is 0 Å². The third-order valence-electron chi connectivity index (χ3n) is 3.88. The van der Waals surface area contributed by atoms with Crippen LogP contribution in [0.1, 0.15) is 0 Å². The molecule has 2 N–H and O–H groups in total. The number of hydrogen-bond donors (Lipinski definition) is 2. The van der Waals surface area contributed by atoms with Crippen LogP contribution < -0.4 is 10.7 Å². The van der Waals surface area contributed by atoms with Crippen LogP contribution in [0.25, 0.3) is 21.8 Å². The van der Waals surface area contributed by atoms with E-state index in [2.05, 4.69) is 19.8 Å². The second-order valence-electron chi connectivity index (χ2n) is 5.43. The minimum Gasteiger partial charge on any atom is -0.466 e. The Bertz CT molecular complexity index is 1100. The highest BCUT2D eigenvalue weighted by molar-refractivity contribution is 6.03. The minimum absolute atomic E-state index is 0.110. The van der Waals surface area contributed by atoms with Gasteiger partial charge in [-0.15, -0.1) is 0 Å². The van der Waals surface area contributed by atoms with Gasteiger partial charge in [0.15, 0.2) is 5.43 Å². The van der Waals surface area contributed by atoms with E-state index in [1.165, 1.54) is 14.2 Å². The van der Waals surface area contributed by atoms with Crippen molar-refractivity contribution >= 4 is 39.4 Å². The highest BCUT2D eigenvalue weighted by atomic mass is 16.5. The molecule has 3 aromatic rings. The van der Waals surface area contributed by atoms with E-state index in [-0.39, 0.29) is 11.1 Å². The molecule has 0 spiro atoms. The van der Waals surface area contributed by atoms with Gasteiger partial charge in [0, 0.05) is 16.3 Å². The smallest absolute Gasteiger partial charge is 0.354 e. The standard InChI is InChI=1S/C19H16N2O5/c1-25-16(22)10-15(19(24)26-2)20-14-9-5-7-12-17(14)21-13-8-4-3-6-11(13)18(12)23/h3-10,20H,1-2H3,(H,21,23)/b15-10+. The molecular formula is C19H16N2O5. The third kappa shape index (κ3) is 3.14. The Morgan fingerprint density at radius 2 is 1.73 bits per heavy atom. The van der Waals surface area contributed by atoms with Crippen LogP contribution in [0.5, 0.6) is 0 Å². The first-order chi connectivity index (χ1) is 12.5. The number of nitrogens with one attached hydrogen (secondary N) is 2. The van der Waals surface area contributed by atoms with Crippen molar-refractivity contribution in [2.45, 2.75) is 0 Å². The highest BCUT2D eigenvalue weighted by Gasteiger charge is 2.15. The predicted molar refractivity (Wildman–Crippen MR) is 97.8 cm³/mol. The molecule has 0 saturated carbocycles. The Kier molecular flexibility index (Phi) is 4.70. The maximum Gasteiger partial charge on any atom is 0.354 e. The van der Waals surface area contributed by atoms with Crippen molar-refractivity contribution in [1.29, 1.82) is 0 Å². The van der Waals surface area contributed by atoms with E-state index in [1.54, 1.807) is 36.4 Å². The molecule has 0 aliphatic heterocycles. The number of hydrogen-bond acceptors (Lipinski definition) is 6. The Hall–Kier alpha value is -3.61.